The molecule has 0 saturated heterocycles. The third kappa shape index (κ3) is 19.1. The van der Waals surface area contributed by atoms with Crippen molar-refractivity contribution < 1.29 is 81.5 Å². The number of carbonyl (C=O) groups excluding carboxylic acids is 8. The molecule has 0 saturated carbocycles. The second kappa shape index (κ2) is 41.4. The summed E-state index contributed by atoms with van der Waals surface area (Å²) in [6.45, 7) is 2.49. The van der Waals surface area contributed by atoms with Crippen molar-refractivity contribution in [1.29, 1.82) is 0 Å². The Hall–Kier alpha value is -15.9. The van der Waals surface area contributed by atoms with Crippen molar-refractivity contribution in [3.05, 3.63) is 542 Å². The van der Waals surface area contributed by atoms with Crippen LogP contribution in [-0.2, 0) is 43.4 Å². The number of benzene rings is 18. The molecule has 15 nitrogen and oxygen atoms in total. The molecule has 1 aliphatic heterocycles. The first kappa shape index (κ1) is 94.1. The van der Waals surface area contributed by atoms with Gasteiger partial charge in [-0.25, -0.2) is 23.3 Å². The summed E-state index contributed by atoms with van der Waals surface area (Å²) in [5.74, 6) is -0.953. The van der Waals surface area contributed by atoms with Crippen LogP contribution in [-0.4, -0.2) is 71.2 Å². The highest BCUT2D eigenvalue weighted by Crippen LogP contribution is 2.36. The monoisotopic (exact) mass is 2090 g/mol. The van der Waals surface area contributed by atoms with Crippen molar-refractivity contribution in [1.82, 2.24) is 18.7 Å². The normalized spacial score (nSPS) is 12.7. The number of halogens is 4. The van der Waals surface area contributed by atoms with Gasteiger partial charge in [0.1, 0.15) is 43.3 Å². The zero-order valence-electron chi connectivity index (χ0n) is 75.9. The number of allylic oxidation sites excluding steroid dienone is 2. The quantitative estimate of drug-likeness (QED) is 0.0848. The first-order chi connectivity index (χ1) is 68.1. The maximum absolute atomic E-state index is 13.7. The van der Waals surface area contributed by atoms with Crippen molar-refractivity contribution in [2.75, 3.05) is 0 Å². The number of ketones is 8. The Morgan fingerprint density at radius 1 is 0.248 bits per heavy atom. The van der Waals surface area contributed by atoms with Gasteiger partial charge in [0.25, 0.3) is 0 Å². The smallest absolute Gasteiger partial charge is 0.245 e. The maximum Gasteiger partial charge on any atom is 0.245 e. The van der Waals surface area contributed by atoms with Gasteiger partial charge in [0.15, 0.2) is 5.78 Å². The number of Topliss-reactive ketones (excluding diaryl/α,β-unsaturated/α-hetero) is 2. The lowest BCUT2D eigenvalue weighted by Crippen LogP contribution is -3.00. The fourth-order valence-corrected chi connectivity index (χ4v) is 19.8. The van der Waals surface area contributed by atoms with E-state index in [2.05, 4.69) is 272 Å². The summed E-state index contributed by atoms with van der Waals surface area (Å²) < 4.78 is 9.54. The van der Waals surface area contributed by atoms with E-state index in [0.717, 1.165) is 65.4 Å². The van der Waals surface area contributed by atoms with Crippen LogP contribution in [0.4, 0.5) is 0 Å². The fraction of sp³-hybridized carbons (Fsp3) is 0.0656. The molecule has 26 rings (SSSR count). The van der Waals surface area contributed by atoms with Crippen LogP contribution in [0, 0.1) is 0 Å². The van der Waals surface area contributed by atoms with Crippen LogP contribution in [0.15, 0.2) is 430 Å². The number of carbonyl (C=O) groups is 8. The number of alkyl halides is 2. The number of aromatic nitrogens is 6. The molecule has 141 heavy (non-hydrogen) atoms. The molecule has 0 amide bonds. The van der Waals surface area contributed by atoms with Crippen LogP contribution in [0.2, 0.25) is 0 Å². The molecule has 4 aliphatic carbocycles. The molecule has 0 radical (unpaired) electrons. The van der Waals surface area contributed by atoms with Gasteiger partial charge >= 0.3 is 0 Å². The van der Waals surface area contributed by atoms with Crippen LogP contribution < -0.4 is 43.1 Å². The topological polar surface area (TPSA) is 184 Å². The minimum Gasteiger partial charge on any atom is -1.00 e. The van der Waals surface area contributed by atoms with Gasteiger partial charge in [-0.1, -0.05) is 396 Å². The van der Waals surface area contributed by atoms with Gasteiger partial charge < -0.3 is 38.5 Å². The van der Waals surface area contributed by atoms with Crippen molar-refractivity contribution in [2.24, 2.45) is 4.99 Å². The van der Waals surface area contributed by atoms with Gasteiger partial charge in [-0.15, -0.1) is 0 Å². The van der Waals surface area contributed by atoms with Gasteiger partial charge in [0.2, 0.25) is 75.9 Å². The number of hydrogen-bond donors (Lipinski definition) is 0. The van der Waals surface area contributed by atoms with Crippen LogP contribution in [0.25, 0.3) is 75.4 Å². The standard InChI is InChI=1S/2C33H23N2O2.C22H14N2O2.C12H7NO2.2C11H9Br.2BrH/c2*36-32-28-11-5-6-12-29(28)33(37)31-30(32)34(19-22-13-15-24-7-1-3-9-26(24)17-22)21-35(31)20-23-14-16-25-8-2-4-10-27(25)18-23;25-21-17-7-3-4-8-18(17)22(26)20-19(21)23-13-24(20)12-14-9-10-15-5-1-2-6-16(15)11-14;14-11-7-3-1-2-4-8(7)12(15)10-9(11)5-6-13-10;2*12-8-9-5-6-10-3-1-2-4-11(10)7-9;;/h2*1-18,21H,19-20H2;1-11,13H,12H2;1-4,6H,5H2;2*1-7H,8H2;2*1H/q2*+1;;;;;;/p-2. The van der Waals surface area contributed by atoms with Gasteiger partial charge in [0, 0.05) is 79.9 Å². The zero-order chi connectivity index (χ0) is 94.7. The van der Waals surface area contributed by atoms with Crippen molar-refractivity contribution in [3.63, 3.8) is 0 Å². The van der Waals surface area contributed by atoms with E-state index in [1.54, 1.807) is 89.9 Å². The summed E-state index contributed by atoms with van der Waals surface area (Å²) in [6, 6.07) is 131. The SMILES string of the molecule is BrCc1ccc2ccccc2c1.BrCc1ccc2ccccc2c1.O=C1C2=C(N=CC2)C(=O)c2ccccc21.O=C1c2ccccc2C(=O)c2c1n(Cc1ccc3ccccc3c1)c[n+]2Cc1ccc2ccccc2c1.O=C1c2ccccc2C(=O)c2c1n(Cc1ccc3ccccc3c1)c[n+]2Cc1ccc2ccccc2c1.O=C1c2ccccc2C(=O)c2c1ncn2Cc1ccc2ccccc2c1.[Br-].[Br-]. The van der Waals surface area contributed by atoms with E-state index in [1.807, 2.05) is 122 Å². The molecule has 4 heterocycles. The Balaban J connectivity index is 0.000000113. The number of fused-ring (bicyclic) bond motifs is 14. The fourth-order valence-electron chi connectivity index (χ4n) is 19.1. The highest BCUT2D eigenvalue weighted by molar-refractivity contribution is 9.08. The lowest BCUT2D eigenvalue weighted by molar-refractivity contribution is -0.689. The van der Waals surface area contributed by atoms with E-state index < -0.39 is 0 Å². The Morgan fingerprint density at radius 3 is 0.823 bits per heavy atom. The Labute approximate surface area is 849 Å². The molecule has 0 N–H and O–H groups in total. The molecule has 3 aromatic heterocycles. The first-order valence-electron chi connectivity index (χ1n) is 45.9. The minimum absolute atomic E-state index is 0. The zero-order valence-corrected chi connectivity index (χ0v) is 82.2. The predicted molar refractivity (Wildman–Crippen MR) is 555 cm³/mol. The number of nitrogens with zero attached hydrogens (tertiary/aromatic N) is 7. The van der Waals surface area contributed by atoms with Crippen molar-refractivity contribution in [2.45, 2.75) is 49.8 Å². The van der Waals surface area contributed by atoms with Crippen LogP contribution >= 0.6 is 31.9 Å². The molecule has 19 heteroatoms. The number of imidazole rings is 3. The molecule has 0 atom stereocenters. The van der Waals surface area contributed by atoms with E-state index >= 15 is 0 Å². The Bertz CT molecular complexity index is 8100. The summed E-state index contributed by atoms with van der Waals surface area (Å²) >= 11 is 6.89. The average Bonchev–Trinajstić information content (AvgIpc) is 1.79. The third-order valence-corrected chi connectivity index (χ3v) is 27.3. The highest BCUT2D eigenvalue weighted by atomic mass is 79.9. The Morgan fingerprint density at radius 2 is 0.496 bits per heavy atom. The van der Waals surface area contributed by atoms with Crippen molar-refractivity contribution >= 4 is 160 Å². The lowest BCUT2D eigenvalue weighted by Gasteiger charge is -2.16. The van der Waals surface area contributed by atoms with Gasteiger partial charge in [0.05, 0.1) is 6.33 Å². The van der Waals surface area contributed by atoms with Crippen molar-refractivity contribution in [3.8, 4) is 0 Å². The highest BCUT2D eigenvalue weighted by Gasteiger charge is 2.44. The second-order valence-electron chi connectivity index (χ2n) is 34.9. The molecule has 684 valence electrons. The number of hydrogen-bond acceptors (Lipinski definition) is 10. The van der Waals surface area contributed by atoms with Crippen LogP contribution in [0.5, 0.6) is 0 Å². The van der Waals surface area contributed by atoms with E-state index in [-0.39, 0.29) is 85.9 Å². The van der Waals surface area contributed by atoms with Crippen LogP contribution in [0.3, 0.4) is 0 Å². The van der Waals surface area contributed by atoms with E-state index in [9.17, 15) is 38.4 Å². The molecule has 5 aliphatic rings. The van der Waals surface area contributed by atoms with E-state index in [0.29, 0.717) is 123 Å². The average molecular weight is 2100 g/mol. The number of rotatable bonds is 12. The largest absolute Gasteiger partial charge is 1.00 e. The molecule has 0 spiro atoms. The molecular formula is C122H85Br4N7O8. The summed E-state index contributed by atoms with van der Waals surface area (Å²) in [5.41, 5.74) is 15.1. The summed E-state index contributed by atoms with van der Waals surface area (Å²) in [6.07, 6.45) is 7.54. The third-order valence-electron chi connectivity index (χ3n) is 26.0. The molecule has 0 fully saturated rings. The Kier molecular flexibility index (Phi) is 27.6. The predicted octanol–water partition coefficient (Wildman–Crippen LogP) is 19.0. The molecule has 18 aromatic carbocycles. The summed E-state index contributed by atoms with van der Waals surface area (Å²) in [7, 11) is 0. The number of aliphatic imine (C=N–C) groups is 1. The van der Waals surface area contributed by atoms with Gasteiger partial charge in [-0.05, 0) is 145 Å². The maximum atomic E-state index is 13.7. The second-order valence-corrected chi connectivity index (χ2v) is 36.0. The molecule has 0 bridgehead atoms. The minimum atomic E-state index is -0.188. The molecule has 0 unspecified atom stereocenters. The lowest BCUT2D eigenvalue weighted by atomic mass is 9.87. The van der Waals surface area contributed by atoms with E-state index in [1.165, 1.54) is 59.6 Å². The van der Waals surface area contributed by atoms with Gasteiger partial charge in [-0.2, -0.15) is 0 Å². The summed E-state index contributed by atoms with van der Waals surface area (Å²) in [5, 5.41) is 18.7. The molecular weight excluding hydrogens is 2010 g/mol. The summed E-state index contributed by atoms with van der Waals surface area (Å²) in [4.78, 5) is 113. The van der Waals surface area contributed by atoms with Crippen LogP contribution in [0.1, 0.15) is 162 Å². The molecule has 21 aromatic rings. The van der Waals surface area contributed by atoms with E-state index in [4.69, 9.17) is 0 Å². The van der Waals surface area contributed by atoms with Gasteiger partial charge in [-0.3, -0.25) is 43.3 Å². The first-order valence-corrected chi connectivity index (χ1v) is 48.1.